The first-order chi connectivity index (χ1) is 9.84. The third-order valence-corrected chi connectivity index (χ3v) is 4.27. The molecular weight excluding hydrogens is 268 g/mol. The van der Waals surface area contributed by atoms with Crippen LogP contribution in [-0.2, 0) is 6.54 Å². The number of nitrogens with zero attached hydrogens (tertiary/aromatic N) is 2. The number of hydrogen-bond donors (Lipinski definition) is 2. The van der Waals surface area contributed by atoms with E-state index in [1.165, 1.54) is 4.88 Å². The highest BCUT2D eigenvalue weighted by atomic mass is 32.1. The molecule has 0 unspecified atom stereocenters. The molecule has 2 N–H and O–H groups in total. The van der Waals surface area contributed by atoms with Crippen molar-refractivity contribution in [2.45, 2.75) is 19.5 Å². The Balaban J connectivity index is 1.72. The molecule has 1 aromatic carbocycles. The number of benzene rings is 1. The van der Waals surface area contributed by atoms with Crippen LogP contribution in [0.2, 0.25) is 0 Å². The highest BCUT2D eigenvalue weighted by Crippen LogP contribution is 2.21. The van der Waals surface area contributed by atoms with Gasteiger partial charge in [-0.1, -0.05) is 36.4 Å². The van der Waals surface area contributed by atoms with Crippen LogP contribution in [0.3, 0.4) is 0 Å². The minimum absolute atomic E-state index is 0.315. The lowest BCUT2D eigenvalue weighted by Crippen LogP contribution is -2.17. The summed E-state index contributed by atoms with van der Waals surface area (Å²) in [6, 6.07) is 14.6. The van der Waals surface area contributed by atoms with Crippen molar-refractivity contribution in [3.8, 4) is 11.3 Å². The van der Waals surface area contributed by atoms with Crippen LogP contribution < -0.4 is 5.32 Å². The van der Waals surface area contributed by atoms with Crippen LogP contribution in [0.15, 0.2) is 47.8 Å². The van der Waals surface area contributed by atoms with Crippen molar-refractivity contribution in [1.82, 2.24) is 20.7 Å². The van der Waals surface area contributed by atoms with E-state index in [1.54, 1.807) is 11.3 Å². The predicted octanol–water partition coefficient (Wildman–Crippen LogP) is 3.38. The highest BCUT2D eigenvalue weighted by molar-refractivity contribution is 7.10. The Morgan fingerprint density at radius 1 is 1.15 bits per heavy atom. The molecule has 0 radical (unpaired) electrons. The number of aromatic nitrogens is 3. The van der Waals surface area contributed by atoms with Crippen molar-refractivity contribution in [1.29, 1.82) is 0 Å². The summed E-state index contributed by atoms with van der Waals surface area (Å²) in [7, 11) is 0. The maximum atomic E-state index is 4.25. The van der Waals surface area contributed by atoms with Gasteiger partial charge in [0.05, 0.1) is 0 Å². The molecule has 2 heterocycles. The van der Waals surface area contributed by atoms with E-state index >= 15 is 0 Å². The number of H-pyrrole nitrogens is 1. The number of thiophene rings is 1. The van der Waals surface area contributed by atoms with Crippen molar-refractivity contribution in [3.63, 3.8) is 0 Å². The van der Waals surface area contributed by atoms with Gasteiger partial charge < -0.3 is 5.32 Å². The fourth-order valence-corrected chi connectivity index (χ4v) is 2.85. The third kappa shape index (κ3) is 2.79. The summed E-state index contributed by atoms with van der Waals surface area (Å²) in [6.07, 6.45) is 0. The molecule has 0 amide bonds. The number of nitrogens with one attached hydrogen (secondary N) is 2. The summed E-state index contributed by atoms with van der Waals surface area (Å²) in [6.45, 7) is 2.86. The van der Waals surface area contributed by atoms with Crippen molar-refractivity contribution in [3.05, 3.63) is 58.4 Å². The normalized spacial score (nSPS) is 12.4. The maximum absolute atomic E-state index is 4.25. The van der Waals surface area contributed by atoms with Crippen LogP contribution in [-0.4, -0.2) is 15.4 Å². The molecule has 5 heteroatoms. The number of hydrogen-bond acceptors (Lipinski definition) is 4. The quantitative estimate of drug-likeness (QED) is 0.755. The van der Waals surface area contributed by atoms with Crippen LogP contribution in [0, 0.1) is 0 Å². The maximum Gasteiger partial charge on any atom is 0.117 e. The molecule has 0 saturated heterocycles. The van der Waals surface area contributed by atoms with Crippen LogP contribution >= 0.6 is 11.3 Å². The number of rotatable bonds is 5. The average Bonchev–Trinajstić information content (AvgIpc) is 3.17. The fraction of sp³-hybridized carbons (Fsp3) is 0.200. The van der Waals surface area contributed by atoms with Crippen LogP contribution in [0.1, 0.15) is 23.5 Å². The van der Waals surface area contributed by atoms with Crippen molar-refractivity contribution >= 4 is 11.3 Å². The molecule has 102 valence electrons. The fourth-order valence-electron chi connectivity index (χ4n) is 2.09. The van der Waals surface area contributed by atoms with E-state index in [-0.39, 0.29) is 0 Å². The van der Waals surface area contributed by atoms with Gasteiger partial charge in [0.1, 0.15) is 11.4 Å². The smallest absolute Gasteiger partial charge is 0.117 e. The minimum Gasteiger partial charge on any atom is -0.304 e. The molecule has 20 heavy (non-hydrogen) atoms. The van der Waals surface area contributed by atoms with Gasteiger partial charge in [-0.15, -0.1) is 11.3 Å². The van der Waals surface area contributed by atoms with E-state index < -0.39 is 0 Å². The molecule has 0 aliphatic rings. The molecular formula is C15H16N4S. The number of aromatic amines is 1. The Labute approximate surface area is 121 Å². The van der Waals surface area contributed by atoms with E-state index in [4.69, 9.17) is 0 Å². The van der Waals surface area contributed by atoms with Gasteiger partial charge in [-0.2, -0.15) is 15.4 Å². The summed E-state index contributed by atoms with van der Waals surface area (Å²) in [5, 5.41) is 16.8. The monoisotopic (exact) mass is 284 g/mol. The Morgan fingerprint density at radius 3 is 2.75 bits per heavy atom. The van der Waals surface area contributed by atoms with Gasteiger partial charge >= 0.3 is 0 Å². The van der Waals surface area contributed by atoms with E-state index in [0.717, 1.165) is 17.0 Å². The van der Waals surface area contributed by atoms with Crippen LogP contribution in [0.4, 0.5) is 0 Å². The van der Waals surface area contributed by atoms with Gasteiger partial charge in [0.25, 0.3) is 0 Å². The Hall–Kier alpha value is -1.98. The predicted molar refractivity (Wildman–Crippen MR) is 81.4 cm³/mol. The van der Waals surface area contributed by atoms with E-state index in [2.05, 4.69) is 45.2 Å². The second kappa shape index (κ2) is 5.98. The van der Waals surface area contributed by atoms with E-state index in [0.29, 0.717) is 12.6 Å². The standard InChI is InChI=1S/C15H16N4S/c1-11(14-8-5-9-20-14)16-10-13-15(18-19-17-13)12-6-3-2-4-7-12/h2-9,11,16H,10H2,1H3,(H,17,18,19)/t11-/m0/s1. The molecule has 4 nitrogen and oxygen atoms in total. The SMILES string of the molecule is C[C@H](NCc1n[nH]nc1-c1ccccc1)c1cccs1. The molecule has 0 bridgehead atoms. The van der Waals surface area contributed by atoms with Crippen molar-refractivity contribution < 1.29 is 0 Å². The summed E-state index contributed by atoms with van der Waals surface area (Å²) in [5.74, 6) is 0. The molecule has 0 aliphatic carbocycles. The molecule has 0 saturated carbocycles. The van der Waals surface area contributed by atoms with Gasteiger partial charge in [0.15, 0.2) is 0 Å². The first-order valence-corrected chi connectivity index (χ1v) is 7.44. The van der Waals surface area contributed by atoms with Gasteiger partial charge in [-0.25, -0.2) is 0 Å². The largest absolute Gasteiger partial charge is 0.304 e. The molecule has 3 rings (SSSR count). The van der Waals surface area contributed by atoms with Gasteiger partial charge in [-0.05, 0) is 18.4 Å². The topological polar surface area (TPSA) is 53.6 Å². The molecule has 0 fully saturated rings. The second-order valence-electron chi connectivity index (χ2n) is 4.60. The zero-order valence-corrected chi connectivity index (χ0v) is 12.0. The van der Waals surface area contributed by atoms with Crippen LogP contribution in [0.25, 0.3) is 11.3 Å². The summed E-state index contributed by atoms with van der Waals surface area (Å²) < 4.78 is 0. The Bertz CT molecular complexity index is 646. The molecule has 0 spiro atoms. The Kier molecular flexibility index (Phi) is 3.90. The molecule has 0 aliphatic heterocycles. The second-order valence-corrected chi connectivity index (χ2v) is 5.58. The molecule has 2 aromatic heterocycles. The minimum atomic E-state index is 0.315. The first-order valence-electron chi connectivity index (χ1n) is 6.56. The van der Waals surface area contributed by atoms with Gasteiger partial charge in [0.2, 0.25) is 0 Å². The lowest BCUT2D eigenvalue weighted by atomic mass is 10.1. The van der Waals surface area contributed by atoms with Crippen molar-refractivity contribution in [2.75, 3.05) is 0 Å². The van der Waals surface area contributed by atoms with E-state index in [9.17, 15) is 0 Å². The highest BCUT2D eigenvalue weighted by Gasteiger charge is 2.12. The zero-order valence-electron chi connectivity index (χ0n) is 11.2. The van der Waals surface area contributed by atoms with Gasteiger partial charge in [-0.3, -0.25) is 0 Å². The first kappa shape index (κ1) is 13.0. The average molecular weight is 284 g/mol. The Morgan fingerprint density at radius 2 is 2.00 bits per heavy atom. The van der Waals surface area contributed by atoms with E-state index in [1.807, 2.05) is 30.3 Å². The lowest BCUT2D eigenvalue weighted by molar-refractivity contribution is 0.575. The molecule has 1 atom stereocenters. The zero-order chi connectivity index (χ0) is 13.8. The summed E-state index contributed by atoms with van der Waals surface area (Å²) in [5.41, 5.74) is 2.94. The summed E-state index contributed by atoms with van der Waals surface area (Å²) >= 11 is 1.76. The third-order valence-electron chi connectivity index (χ3n) is 3.21. The lowest BCUT2D eigenvalue weighted by Gasteiger charge is -2.11. The summed E-state index contributed by atoms with van der Waals surface area (Å²) in [4.78, 5) is 1.33. The molecule has 3 aromatic rings. The van der Waals surface area contributed by atoms with Crippen LogP contribution in [0.5, 0.6) is 0 Å². The van der Waals surface area contributed by atoms with Gasteiger partial charge in [0, 0.05) is 23.0 Å². The van der Waals surface area contributed by atoms with Crippen molar-refractivity contribution in [2.24, 2.45) is 0 Å².